The van der Waals surface area contributed by atoms with Crippen molar-refractivity contribution in [3.05, 3.63) is 29.6 Å². The van der Waals surface area contributed by atoms with Gasteiger partial charge in [-0.05, 0) is 55.6 Å². The van der Waals surface area contributed by atoms with Crippen LogP contribution in [0.4, 0.5) is 0 Å². The predicted molar refractivity (Wildman–Crippen MR) is 78.7 cm³/mol. The smallest absolute Gasteiger partial charge is 0.0372 e. The van der Waals surface area contributed by atoms with Crippen LogP contribution in [0.15, 0.2) is 18.3 Å². The van der Waals surface area contributed by atoms with Gasteiger partial charge in [-0.3, -0.25) is 4.98 Å². The molecule has 0 radical (unpaired) electrons. The third-order valence-corrected chi connectivity index (χ3v) is 5.41. The van der Waals surface area contributed by atoms with Gasteiger partial charge in [0, 0.05) is 17.9 Å². The molecule has 2 nitrogen and oxygen atoms in total. The highest BCUT2D eigenvalue weighted by atomic mass is 14.7. The van der Waals surface area contributed by atoms with E-state index >= 15 is 0 Å². The summed E-state index contributed by atoms with van der Waals surface area (Å²) in [7, 11) is 0. The lowest BCUT2D eigenvalue weighted by Gasteiger charge is -2.41. The van der Waals surface area contributed by atoms with Crippen LogP contribution >= 0.6 is 0 Å². The lowest BCUT2D eigenvalue weighted by Crippen LogP contribution is -2.33. The van der Waals surface area contributed by atoms with Crippen molar-refractivity contribution in [3.63, 3.8) is 0 Å². The van der Waals surface area contributed by atoms with Crippen LogP contribution in [0.1, 0.15) is 62.2 Å². The standard InChI is InChI=1S/C17H26N2/c1-12-6-7-16(11-19-12)17(18)15-9-8-13-4-2-3-5-14(13)10-15/h6-7,11,13-15,17H,2-5,8-10,18H2,1H3. The first-order chi connectivity index (χ1) is 9.24. The molecule has 19 heavy (non-hydrogen) atoms. The second kappa shape index (κ2) is 5.62. The van der Waals surface area contributed by atoms with E-state index in [1.807, 2.05) is 13.1 Å². The summed E-state index contributed by atoms with van der Waals surface area (Å²) in [4.78, 5) is 4.40. The molecule has 0 aliphatic heterocycles. The molecule has 1 aromatic rings. The van der Waals surface area contributed by atoms with Crippen molar-refractivity contribution in [3.8, 4) is 0 Å². The summed E-state index contributed by atoms with van der Waals surface area (Å²) in [5.74, 6) is 2.63. The largest absolute Gasteiger partial charge is 0.324 e. The first kappa shape index (κ1) is 13.1. The fraction of sp³-hybridized carbons (Fsp3) is 0.706. The van der Waals surface area contributed by atoms with Gasteiger partial charge in [0.15, 0.2) is 0 Å². The molecule has 2 saturated carbocycles. The third-order valence-electron chi connectivity index (χ3n) is 5.41. The molecule has 2 aliphatic rings. The normalized spacial score (nSPS) is 32.6. The molecule has 0 saturated heterocycles. The number of nitrogens with two attached hydrogens (primary N) is 1. The molecular formula is C17H26N2. The Bertz CT molecular complexity index is 412. The van der Waals surface area contributed by atoms with Crippen molar-refractivity contribution >= 4 is 0 Å². The van der Waals surface area contributed by atoms with Gasteiger partial charge in [0.1, 0.15) is 0 Å². The van der Waals surface area contributed by atoms with Crippen LogP contribution < -0.4 is 5.73 Å². The van der Waals surface area contributed by atoms with E-state index in [1.54, 1.807) is 0 Å². The Morgan fingerprint density at radius 2 is 1.89 bits per heavy atom. The fourth-order valence-electron chi connectivity index (χ4n) is 4.18. The molecule has 0 bridgehead atoms. The van der Waals surface area contributed by atoms with E-state index in [0.29, 0.717) is 5.92 Å². The molecule has 1 aromatic heterocycles. The Hall–Kier alpha value is -0.890. The van der Waals surface area contributed by atoms with Crippen LogP contribution in [0.3, 0.4) is 0 Å². The molecule has 2 heteroatoms. The van der Waals surface area contributed by atoms with E-state index in [-0.39, 0.29) is 6.04 Å². The van der Waals surface area contributed by atoms with E-state index < -0.39 is 0 Å². The van der Waals surface area contributed by atoms with Crippen molar-refractivity contribution in [2.24, 2.45) is 23.5 Å². The lowest BCUT2D eigenvalue weighted by atomic mass is 9.65. The number of pyridine rings is 1. The summed E-state index contributed by atoms with van der Waals surface area (Å²) >= 11 is 0. The number of rotatable bonds is 2. The van der Waals surface area contributed by atoms with Gasteiger partial charge in [-0.25, -0.2) is 0 Å². The molecule has 2 N–H and O–H groups in total. The number of hydrogen-bond donors (Lipinski definition) is 1. The quantitative estimate of drug-likeness (QED) is 0.871. The van der Waals surface area contributed by atoms with E-state index in [4.69, 9.17) is 5.73 Å². The van der Waals surface area contributed by atoms with Crippen molar-refractivity contribution < 1.29 is 0 Å². The Kier molecular flexibility index (Phi) is 3.88. The predicted octanol–water partition coefficient (Wildman–Crippen LogP) is 4.00. The summed E-state index contributed by atoms with van der Waals surface area (Å²) < 4.78 is 0. The molecule has 0 aromatic carbocycles. The molecule has 4 unspecified atom stereocenters. The van der Waals surface area contributed by atoms with Crippen LogP contribution in [0.2, 0.25) is 0 Å². The summed E-state index contributed by atoms with van der Waals surface area (Å²) in [5.41, 5.74) is 8.80. The average Bonchev–Trinajstić information content (AvgIpc) is 2.47. The molecule has 104 valence electrons. The van der Waals surface area contributed by atoms with Gasteiger partial charge in [-0.1, -0.05) is 31.7 Å². The third kappa shape index (κ3) is 2.84. The highest BCUT2D eigenvalue weighted by Crippen LogP contribution is 2.45. The van der Waals surface area contributed by atoms with Gasteiger partial charge in [0.05, 0.1) is 0 Å². The molecule has 1 heterocycles. The van der Waals surface area contributed by atoms with E-state index in [1.165, 1.54) is 50.5 Å². The number of aryl methyl sites for hydroxylation is 1. The van der Waals surface area contributed by atoms with Crippen LogP contribution in [0, 0.1) is 24.7 Å². The van der Waals surface area contributed by atoms with Crippen LogP contribution in [0.25, 0.3) is 0 Å². The van der Waals surface area contributed by atoms with Gasteiger partial charge in [-0.2, -0.15) is 0 Å². The number of nitrogens with zero attached hydrogens (tertiary/aromatic N) is 1. The number of hydrogen-bond acceptors (Lipinski definition) is 2. The topological polar surface area (TPSA) is 38.9 Å². The minimum atomic E-state index is 0.191. The Morgan fingerprint density at radius 1 is 1.11 bits per heavy atom. The second-order valence-electron chi connectivity index (χ2n) is 6.64. The molecule has 4 atom stereocenters. The minimum Gasteiger partial charge on any atom is -0.324 e. The maximum atomic E-state index is 6.50. The van der Waals surface area contributed by atoms with E-state index in [9.17, 15) is 0 Å². The van der Waals surface area contributed by atoms with Crippen molar-refractivity contribution in [1.29, 1.82) is 0 Å². The first-order valence-electron chi connectivity index (χ1n) is 7.92. The molecule has 2 aliphatic carbocycles. The monoisotopic (exact) mass is 258 g/mol. The summed E-state index contributed by atoms with van der Waals surface area (Å²) in [6.45, 7) is 2.03. The van der Waals surface area contributed by atoms with Crippen LogP contribution in [0.5, 0.6) is 0 Å². The summed E-state index contributed by atoms with van der Waals surface area (Å²) in [6, 6.07) is 4.44. The van der Waals surface area contributed by atoms with Gasteiger partial charge >= 0.3 is 0 Å². The average molecular weight is 258 g/mol. The SMILES string of the molecule is Cc1ccc(C(N)C2CCC3CCCCC3C2)cn1. The maximum absolute atomic E-state index is 6.50. The Balaban J connectivity index is 1.67. The Morgan fingerprint density at radius 3 is 2.63 bits per heavy atom. The van der Waals surface area contributed by atoms with Gasteiger partial charge in [-0.15, -0.1) is 0 Å². The zero-order valence-corrected chi connectivity index (χ0v) is 12.0. The minimum absolute atomic E-state index is 0.191. The fourth-order valence-corrected chi connectivity index (χ4v) is 4.18. The number of aromatic nitrogens is 1. The maximum Gasteiger partial charge on any atom is 0.0372 e. The molecule has 0 spiro atoms. The van der Waals surface area contributed by atoms with E-state index in [0.717, 1.165) is 17.5 Å². The molecule has 0 amide bonds. The molecule has 3 rings (SSSR count). The zero-order chi connectivity index (χ0) is 13.2. The summed E-state index contributed by atoms with van der Waals surface area (Å²) in [5, 5.41) is 0. The van der Waals surface area contributed by atoms with Gasteiger partial charge < -0.3 is 5.73 Å². The lowest BCUT2D eigenvalue weighted by molar-refractivity contribution is 0.117. The van der Waals surface area contributed by atoms with Gasteiger partial charge in [0.25, 0.3) is 0 Å². The van der Waals surface area contributed by atoms with Crippen LogP contribution in [-0.4, -0.2) is 4.98 Å². The highest BCUT2D eigenvalue weighted by molar-refractivity contribution is 5.18. The molecular weight excluding hydrogens is 232 g/mol. The van der Waals surface area contributed by atoms with Crippen molar-refractivity contribution in [2.45, 2.75) is 57.9 Å². The Labute approximate surface area is 116 Å². The summed E-state index contributed by atoms with van der Waals surface area (Å²) in [6.07, 6.45) is 11.9. The van der Waals surface area contributed by atoms with Crippen LogP contribution in [-0.2, 0) is 0 Å². The highest BCUT2D eigenvalue weighted by Gasteiger charge is 2.34. The first-order valence-corrected chi connectivity index (χ1v) is 7.92. The van der Waals surface area contributed by atoms with Crippen molar-refractivity contribution in [1.82, 2.24) is 4.98 Å². The number of fused-ring (bicyclic) bond motifs is 1. The second-order valence-corrected chi connectivity index (χ2v) is 6.64. The van der Waals surface area contributed by atoms with E-state index in [2.05, 4.69) is 17.1 Å². The zero-order valence-electron chi connectivity index (χ0n) is 12.0. The van der Waals surface area contributed by atoms with Gasteiger partial charge in [0.2, 0.25) is 0 Å². The van der Waals surface area contributed by atoms with Crippen molar-refractivity contribution in [2.75, 3.05) is 0 Å². The molecule has 2 fully saturated rings.